The Balaban J connectivity index is 2.76. The fourth-order valence-corrected chi connectivity index (χ4v) is 1.14. The van der Waals surface area contributed by atoms with Gasteiger partial charge in [-0.3, -0.25) is 10.1 Å². The van der Waals surface area contributed by atoms with Crippen LogP contribution in [0.5, 0.6) is 0 Å². The SMILES string of the molecule is C[C@H](C[N+](=O)[O-])c1cccc(F)c1. The molecule has 1 aromatic rings. The molecular formula is C9H10FNO2. The van der Waals surface area contributed by atoms with Gasteiger partial charge in [0.25, 0.3) is 0 Å². The first-order valence-electron chi connectivity index (χ1n) is 3.97. The third-order valence-electron chi connectivity index (χ3n) is 1.84. The lowest BCUT2D eigenvalue weighted by Crippen LogP contribution is -2.09. The summed E-state index contributed by atoms with van der Waals surface area (Å²) in [4.78, 5) is 9.79. The highest BCUT2D eigenvalue weighted by Gasteiger charge is 2.11. The number of rotatable bonds is 3. The molecule has 70 valence electrons. The summed E-state index contributed by atoms with van der Waals surface area (Å²) in [5.74, 6) is -0.599. The van der Waals surface area contributed by atoms with Crippen LogP contribution in [0.2, 0.25) is 0 Å². The Bertz CT molecular complexity index is 314. The molecule has 0 unspecified atom stereocenters. The zero-order valence-corrected chi connectivity index (χ0v) is 7.24. The number of benzene rings is 1. The van der Waals surface area contributed by atoms with Crippen molar-refractivity contribution in [1.29, 1.82) is 0 Å². The molecule has 1 atom stereocenters. The lowest BCUT2D eigenvalue weighted by Gasteiger charge is -2.06. The Hall–Kier alpha value is -1.45. The normalized spacial score (nSPS) is 12.5. The Kier molecular flexibility index (Phi) is 2.95. The molecule has 0 saturated heterocycles. The van der Waals surface area contributed by atoms with Crippen LogP contribution in [-0.2, 0) is 0 Å². The van der Waals surface area contributed by atoms with Crippen LogP contribution >= 0.6 is 0 Å². The van der Waals surface area contributed by atoms with Crippen molar-refractivity contribution in [3.8, 4) is 0 Å². The number of hydrogen-bond donors (Lipinski definition) is 0. The van der Waals surface area contributed by atoms with Gasteiger partial charge in [-0.05, 0) is 17.7 Å². The molecule has 0 spiro atoms. The number of hydrogen-bond acceptors (Lipinski definition) is 2. The molecule has 1 aromatic carbocycles. The fraction of sp³-hybridized carbons (Fsp3) is 0.333. The van der Waals surface area contributed by atoms with Crippen molar-refractivity contribution in [3.05, 3.63) is 45.8 Å². The highest BCUT2D eigenvalue weighted by atomic mass is 19.1. The first kappa shape index (κ1) is 9.64. The van der Waals surface area contributed by atoms with Crippen LogP contribution in [0.3, 0.4) is 0 Å². The molecule has 0 N–H and O–H groups in total. The predicted octanol–water partition coefficient (Wildman–Crippen LogP) is 2.21. The summed E-state index contributed by atoms with van der Waals surface area (Å²) in [7, 11) is 0. The average Bonchev–Trinajstić information content (AvgIpc) is 2.03. The minimum atomic E-state index is -0.393. The van der Waals surface area contributed by atoms with Gasteiger partial charge >= 0.3 is 0 Å². The molecule has 13 heavy (non-hydrogen) atoms. The lowest BCUT2D eigenvalue weighted by molar-refractivity contribution is -0.482. The summed E-state index contributed by atoms with van der Waals surface area (Å²) < 4.78 is 12.7. The van der Waals surface area contributed by atoms with Gasteiger partial charge in [-0.2, -0.15) is 0 Å². The molecule has 0 fully saturated rings. The zero-order chi connectivity index (χ0) is 9.84. The minimum Gasteiger partial charge on any atom is -0.265 e. The molecule has 0 amide bonds. The minimum absolute atomic E-state index is 0.163. The molecule has 0 aromatic heterocycles. The van der Waals surface area contributed by atoms with Crippen molar-refractivity contribution in [1.82, 2.24) is 0 Å². The quantitative estimate of drug-likeness (QED) is 0.532. The van der Waals surface area contributed by atoms with Gasteiger partial charge < -0.3 is 0 Å². The van der Waals surface area contributed by atoms with Gasteiger partial charge in [0.2, 0.25) is 6.54 Å². The molecule has 3 nitrogen and oxygen atoms in total. The highest BCUT2D eigenvalue weighted by molar-refractivity contribution is 5.19. The molecule has 4 heteroatoms. The maximum atomic E-state index is 12.7. The van der Waals surface area contributed by atoms with Crippen molar-refractivity contribution in [2.45, 2.75) is 12.8 Å². The molecule has 0 aliphatic rings. The summed E-state index contributed by atoms with van der Waals surface area (Å²) in [5, 5.41) is 10.2. The molecule has 0 aliphatic heterocycles. The summed E-state index contributed by atoms with van der Waals surface area (Å²) in [6.45, 7) is 1.54. The predicted molar refractivity (Wildman–Crippen MR) is 46.7 cm³/mol. The van der Waals surface area contributed by atoms with E-state index >= 15 is 0 Å². The Labute approximate surface area is 75.3 Å². The molecule has 0 heterocycles. The third-order valence-corrected chi connectivity index (χ3v) is 1.84. The maximum absolute atomic E-state index is 12.7. The Morgan fingerprint density at radius 1 is 1.62 bits per heavy atom. The average molecular weight is 183 g/mol. The van der Waals surface area contributed by atoms with Gasteiger partial charge in [0.15, 0.2) is 0 Å². The van der Waals surface area contributed by atoms with E-state index < -0.39 is 4.92 Å². The monoisotopic (exact) mass is 183 g/mol. The van der Waals surface area contributed by atoms with Crippen molar-refractivity contribution in [3.63, 3.8) is 0 Å². The van der Waals surface area contributed by atoms with Gasteiger partial charge in [-0.1, -0.05) is 19.1 Å². The van der Waals surface area contributed by atoms with Crippen LogP contribution in [0.15, 0.2) is 24.3 Å². The van der Waals surface area contributed by atoms with Crippen molar-refractivity contribution < 1.29 is 9.31 Å². The smallest absolute Gasteiger partial charge is 0.210 e. The third kappa shape index (κ3) is 2.82. The van der Waals surface area contributed by atoms with E-state index in [9.17, 15) is 14.5 Å². The van der Waals surface area contributed by atoms with E-state index in [0.717, 1.165) is 0 Å². The molecule has 0 bridgehead atoms. The summed E-state index contributed by atoms with van der Waals surface area (Å²) in [6, 6.07) is 5.90. The van der Waals surface area contributed by atoms with Crippen molar-refractivity contribution >= 4 is 0 Å². The standard InChI is InChI=1S/C9H10FNO2/c1-7(6-11(12)13)8-3-2-4-9(10)5-8/h2-5,7H,6H2,1H3/t7-/m1/s1. The van der Waals surface area contributed by atoms with E-state index in [1.165, 1.54) is 12.1 Å². The van der Waals surface area contributed by atoms with Gasteiger partial charge in [0, 0.05) is 10.8 Å². The number of nitro groups is 1. The van der Waals surface area contributed by atoms with E-state index in [-0.39, 0.29) is 18.3 Å². The molecule has 1 rings (SSSR count). The van der Waals surface area contributed by atoms with Gasteiger partial charge in [-0.25, -0.2) is 4.39 Å². The maximum Gasteiger partial charge on any atom is 0.210 e. The van der Waals surface area contributed by atoms with E-state index in [1.807, 2.05) is 0 Å². The van der Waals surface area contributed by atoms with Gasteiger partial charge in [0.05, 0.1) is 0 Å². The second-order valence-corrected chi connectivity index (χ2v) is 2.97. The molecular weight excluding hydrogens is 173 g/mol. The van der Waals surface area contributed by atoms with Gasteiger partial charge in [0.1, 0.15) is 5.82 Å². The summed E-state index contributed by atoms with van der Waals surface area (Å²) >= 11 is 0. The first-order valence-corrected chi connectivity index (χ1v) is 3.97. The van der Waals surface area contributed by atoms with Crippen molar-refractivity contribution in [2.75, 3.05) is 6.54 Å². The van der Waals surface area contributed by atoms with Crippen LogP contribution in [0.4, 0.5) is 4.39 Å². The zero-order valence-electron chi connectivity index (χ0n) is 7.24. The largest absolute Gasteiger partial charge is 0.265 e. The Morgan fingerprint density at radius 2 is 2.31 bits per heavy atom. The van der Waals surface area contributed by atoms with Crippen LogP contribution in [0, 0.1) is 15.9 Å². The second kappa shape index (κ2) is 3.98. The number of nitrogens with zero attached hydrogens (tertiary/aromatic N) is 1. The van der Waals surface area contributed by atoms with E-state index in [4.69, 9.17) is 0 Å². The van der Waals surface area contributed by atoms with Crippen LogP contribution in [0.25, 0.3) is 0 Å². The van der Waals surface area contributed by atoms with Crippen molar-refractivity contribution in [2.24, 2.45) is 0 Å². The van der Waals surface area contributed by atoms with Crippen LogP contribution in [-0.4, -0.2) is 11.5 Å². The number of halogens is 1. The fourth-order valence-electron chi connectivity index (χ4n) is 1.14. The highest BCUT2D eigenvalue weighted by Crippen LogP contribution is 2.15. The van der Waals surface area contributed by atoms with E-state index in [1.54, 1.807) is 19.1 Å². The van der Waals surface area contributed by atoms with Crippen LogP contribution < -0.4 is 0 Å². The molecule has 0 aliphatic carbocycles. The summed E-state index contributed by atoms with van der Waals surface area (Å²) in [6.07, 6.45) is 0. The lowest BCUT2D eigenvalue weighted by atomic mass is 10.0. The summed E-state index contributed by atoms with van der Waals surface area (Å²) in [5.41, 5.74) is 0.664. The molecule has 0 saturated carbocycles. The van der Waals surface area contributed by atoms with Crippen LogP contribution in [0.1, 0.15) is 18.4 Å². The first-order chi connectivity index (χ1) is 6.09. The van der Waals surface area contributed by atoms with Gasteiger partial charge in [-0.15, -0.1) is 0 Å². The topological polar surface area (TPSA) is 43.1 Å². The van der Waals surface area contributed by atoms with E-state index in [0.29, 0.717) is 5.56 Å². The van der Waals surface area contributed by atoms with E-state index in [2.05, 4.69) is 0 Å². The second-order valence-electron chi connectivity index (χ2n) is 2.97. The Morgan fingerprint density at radius 3 is 2.85 bits per heavy atom. The molecule has 0 radical (unpaired) electrons.